The van der Waals surface area contributed by atoms with Crippen LogP contribution < -0.4 is 0 Å². The molecule has 0 saturated carbocycles. The van der Waals surface area contributed by atoms with Crippen molar-refractivity contribution in [1.29, 1.82) is 0 Å². The highest BCUT2D eigenvalue weighted by Crippen LogP contribution is 2.30. The molecule has 1 heterocycles. The van der Waals surface area contributed by atoms with Gasteiger partial charge in [0.05, 0.1) is 13.2 Å². The van der Waals surface area contributed by atoms with Gasteiger partial charge >= 0.3 is 0 Å². The molecule has 1 saturated heterocycles. The second-order valence-electron chi connectivity index (χ2n) is 5.37. The maximum Gasteiger partial charge on any atom is 0.247 e. The summed E-state index contributed by atoms with van der Waals surface area (Å²) in [4.78, 5) is 17.7. The van der Waals surface area contributed by atoms with Gasteiger partial charge in [-0.25, -0.2) is 9.45 Å². The zero-order valence-electron chi connectivity index (χ0n) is 12.2. The molecule has 0 aromatic heterocycles. The van der Waals surface area contributed by atoms with E-state index in [1.807, 2.05) is 30.3 Å². The van der Waals surface area contributed by atoms with Crippen LogP contribution in [0.5, 0.6) is 0 Å². The molecule has 0 bridgehead atoms. The van der Waals surface area contributed by atoms with Crippen molar-refractivity contribution in [3.05, 3.63) is 71.5 Å². The van der Waals surface area contributed by atoms with Crippen molar-refractivity contribution >= 4 is 5.91 Å². The second kappa shape index (κ2) is 6.71. The Labute approximate surface area is 129 Å². The lowest BCUT2D eigenvalue weighted by Gasteiger charge is -2.21. The van der Waals surface area contributed by atoms with Crippen LogP contribution in [0.3, 0.4) is 0 Å². The summed E-state index contributed by atoms with van der Waals surface area (Å²) in [6.07, 6.45) is 1.05. The molecule has 1 fully saturated rings. The van der Waals surface area contributed by atoms with Crippen LogP contribution in [0.2, 0.25) is 0 Å². The Morgan fingerprint density at radius 1 is 1.14 bits per heavy atom. The molecule has 22 heavy (non-hydrogen) atoms. The lowest BCUT2D eigenvalue weighted by Crippen LogP contribution is -2.28. The van der Waals surface area contributed by atoms with Crippen LogP contribution in [-0.2, 0) is 9.63 Å². The molecule has 3 nitrogen and oxygen atoms in total. The number of carbonyl (C=O) groups excluding carboxylic acids is 1. The van der Waals surface area contributed by atoms with Crippen molar-refractivity contribution in [2.75, 3.05) is 13.2 Å². The molecule has 114 valence electrons. The standard InChI is InChI=1S/C18H18FNO2/c19-17-10-5-4-9-15(17)16(14-7-2-1-3-8-14)13-18(21)20-11-6-12-22-20/h1-5,7-10,16H,6,11-13H2/t16-/m0/s1. The number of hydroxylamine groups is 2. The van der Waals surface area contributed by atoms with Crippen LogP contribution >= 0.6 is 0 Å². The molecule has 1 aliphatic rings. The van der Waals surface area contributed by atoms with Gasteiger partial charge < -0.3 is 0 Å². The maximum absolute atomic E-state index is 14.2. The molecule has 2 aromatic carbocycles. The van der Waals surface area contributed by atoms with E-state index < -0.39 is 0 Å². The third-order valence-electron chi connectivity index (χ3n) is 3.89. The summed E-state index contributed by atoms with van der Waals surface area (Å²) in [7, 11) is 0. The molecule has 1 amide bonds. The zero-order valence-corrected chi connectivity index (χ0v) is 12.2. The Bertz CT molecular complexity index is 639. The topological polar surface area (TPSA) is 29.5 Å². The SMILES string of the molecule is O=C(C[C@@H](c1ccccc1)c1ccccc1F)N1CCCO1. The highest BCUT2D eigenvalue weighted by molar-refractivity contribution is 5.77. The largest absolute Gasteiger partial charge is 0.273 e. The molecule has 0 unspecified atom stereocenters. The molecule has 2 aromatic rings. The molecule has 1 aliphatic heterocycles. The van der Waals surface area contributed by atoms with E-state index in [4.69, 9.17) is 4.84 Å². The lowest BCUT2D eigenvalue weighted by atomic mass is 9.88. The molecule has 0 spiro atoms. The van der Waals surface area contributed by atoms with Crippen LogP contribution in [-0.4, -0.2) is 24.1 Å². The van der Waals surface area contributed by atoms with Gasteiger partial charge in [0.15, 0.2) is 0 Å². The number of rotatable bonds is 4. The fourth-order valence-corrected chi connectivity index (χ4v) is 2.77. The first-order valence-corrected chi connectivity index (χ1v) is 7.48. The van der Waals surface area contributed by atoms with Gasteiger partial charge in [-0.2, -0.15) is 0 Å². The fourth-order valence-electron chi connectivity index (χ4n) is 2.77. The minimum Gasteiger partial charge on any atom is -0.273 e. The Kier molecular flexibility index (Phi) is 4.49. The van der Waals surface area contributed by atoms with Crippen molar-refractivity contribution in [2.45, 2.75) is 18.8 Å². The van der Waals surface area contributed by atoms with E-state index in [2.05, 4.69) is 0 Å². The number of halogens is 1. The Morgan fingerprint density at radius 2 is 1.86 bits per heavy atom. The minimum atomic E-state index is -0.306. The first-order chi connectivity index (χ1) is 10.8. The highest BCUT2D eigenvalue weighted by Gasteiger charge is 2.26. The number of hydrogen-bond donors (Lipinski definition) is 0. The predicted octanol–water partition coefficient (Wildman–Crippen LogP) is 3.51. The third-order valence-corrected chi connectivity index (χ3v) is 3.89. The second-order valence-corrected chi connectivity index (χ2v) is 5.37. The molecule has 0 N–H and O–H groups in total. The molecular weight excluding hydrogens is 281 g/mol. The number of nitrogens with zero attached hydrogens (tertiary/aromatic N) is 1. The third kappa shape index (κ3) is 3.17. The summed E-state index contributed by atoms with van der Waals surface area (Å²) in [5.41, 5.74) is 1.47. The monoisotopic (exact) mass is 299 g/mol. The van der Waals surface area contributed by atoms with E-state index >= 15 is 0 Å². The lowest BCUT2D eigenvalue weighted by molar-refractivity contribution is -0.168. The molecule has 0 aliphatic carbocycles. The minimum absolute atomic E-state index is 0.102. The number of benzene rings is 2. The van der Waals surface area contributed by atoms with Gasteiger partial charge in [-0.05, 0) is 23.6 Å². The number of amides is 1. The molecule has 3 rings (SSSR count). The van der Waals surface area contributed by atoms with E-state index in [0.29, 0.717) is 18.7 Å². The van der Waals surface area contributed by atoms with Crippen LogP contribution in [0.15, 0.2) is 54.6 Å². The smallest absolute Gasteiger partial charge is 0.247 e. The van der Waals surface area contributed by atoms with E-state index in [-0.39, 0.29) is 24.1 Å². The van der Waals surface area contributed by atoms with Gasteiger partial charge in [0.25, 0.3) is 0 Å². The van der Waals surface area contributed by atoms with Gasteiger partial charge in [0.2, 0.25) is 5.91 Å². The summed E-state index contributed by atoms with van der Waals surface area (Å²) < 4.78 is 14.2. The van der Waals surface area contributed by atoms with Gasteiger partial charge in [-0.1, -0.05) is 48.5 Å². The Morgan fingerprint density at radius 3 is 2.55 bits per heavy atom. The van der Waals surface area contributed by atoms with Crippen LogP contribution in [0, 0.1) is 5.82 Å². The fraction of sp³-hybridized carbons (Fsp3) is 0.278. The maximum atomic E-state index is 14.2. The number of hydrogen-bond acceptors (Lipinski definition) is 2. The van der Waals surface area contributed by atoms with Crippen molar-refractivity contribution in [3.63, 3.8) is 0 Å². The average Bonchev–Trinajstić information content (AvgIpc) is 3.09. The van der Waals surface area contributed by atoms with E-state index in [9.17, 15) is 9.18 Å². The summed E-state index contributed by atoms with van der Waals surface area (Å²) >= 11 is 0. The van der Waals surface area contributed by atoms with Gasteiger partial charge in [-0.15, -0.1) is 0 Å². The van der Waals surface area contributed by atoms with Gasteiger partial charge in [-0.3, -0.25) is 9.63 Å². The van der Waals surface area contributed by atoms with Crippen molar-refractivity contribution in [2.24, 2.45) is 0 Å². The molecular formula is C18H18FNO2. The molecule has 0 radical (unpaired) electrons. The summed E-state index contributed by atoms with van der Waals surface area (Å²) in [6, 6.07) is 16.2. The van der Waals surface area contributed by atoms with E-state index in [1.54, 1.807) is 18.2 Å². The predicted molar refractivity (Wildman–Crippen MR) is 81.6 cm³/mol. The number of carbonyl (C=O) groups is 1. The highest BCUT2D eigenvalue weighted by atomic mass is 19.1. The summed E-state index contributed by atoms with van der Waals surface area (Å²) in [5, 5.41) is 1.40. The van der Waals surface area contributed by atoms with Gasteiger partial charge in [0, 0.05) is 12.3 Å². The quantitative estimate of drug-likeness (QED) is 0.864. The normalized spacial score (nSPS) is 15.8. The van der Waals surface area contributed by atoms with E-state index in [0.717, 1.165) is 12.0 Å². The Hall–Kier alpha value is -2.20. The van der Waals surface area contributed by atoms with Gasteiger partial charge in [0.1, 0.15) is 5.82 Å². The van der Waals surface area contributed by atoms with Crippen LogP contribution in [0.4, 0.5) is 4.39 Å². The van der Waals surface area contributed by atoms with E-state index in [1.165, 1.54) is 11.1 Å². The Balaban J connectivity index is 1.90. The van der Waals surface area contributed by atoms with Crippen molar-refractivity contribution in [3.8, 4) is 0 Å². The van der Waals surface area contributed by atoms with Crippen LogP contribution in [0.25, 0.3) is 0 Å². The summed E-state index contributed by atoms with van der Waals surface area (Å²) in [6.45, 7) is 1.18. The average molecular weight is 299 g/mol. The zero-order chi connectivity index (χ0) is 15.4. The first-order valence-electron chi connectivity index (χ1n) is 7.48. The van der Waals surface area contributed by atoms with Crippen molar-refractivity contribution in [1.82, 2.24) is 5.06 Å². The summed E-state index contributed by atoms with van der Waals surface area (Å²) in [5.74, 6) is -0.694. The van der Waals surface area contributed by atoms with Crippen LogP contribution in [0.1, 0.15) is 29.9 Å². The van der Waals surface area contributed by atoms with Crippen molar-refractivity contribution < 1.29 is 14.0 Å². The molecule has 1 atom stereocenters. The first kappa shape index (κ1) is 14.7. The molecule has 4 heteroatoms.